The first-order valence-electron chi connectivity index (χ1n) is 7.41. The summed E-state index contributed by atoms with van der Waals surface area (Å²) in [5.74, 6) is 1.58. The molecule has 1 unspecified atom stereocenters. The van der Waals surface area contributed by atoms with E-state index in [1.165, 1.54) is 0 Å². The Labute approximate surface area is 130 Å². The van der Waals surface area contributed by atoms with Crippen molar-refractivity contribution >= 4 is 6.03 Å². The third kappa shape index (κ3) is 4.27. The summed E-state index contributed by atoms with van der Waals surface area (Å²) in [5.41, 5.74) is 0.0856. The van der Waals surface area contributed by atoms with E-state index in [1.807, 2.05) is 12.1 Å². The smallest absolute Gasteiger partial charge is 0.315 e. The Hall–Kier alpha value is -1.95. The fraction of sp³-hybridized carbons (Fsp3) is 0.562. The fourth-order valence-electron chi connectivity index (χ4n) is 2.34. The van der Waals surface area contributed by atoms with Gasteiger partial charge in [0.15, 0.2) is 11.5 Å². The lowest BCUT2D eigenvalue weighted by Gasteiger charge is -2.23. The van der Waals surface area contributed by atoms with Crippen LogP contribution < -0.4 is 20.1 Å². The molecule has 122 valence electrons. The van der Waals surface area contributed by atoms with Crippen LogP contribution in [-0.4, -0.2) is 37.5 Å². The molecule has 0 bridgehead atoms. The van der Waals surface area contributed by atoms with Gasteiger partial charge in [0, 0.05) is 13.1 Å². The predicted molar refractivity (Wildman–Crippen MR) is 83.1 cm³/mol. The van der Waals surface area contributed by atoms with Gasteiger partial charge in [0.2, 0.25) is 0 Å². The SMILES string of the molecule is COc1ccc(CNC(=O)NCC(C)(O)C2CC2)cc1OC. The number of nitrogens with one attached hydrogen (secondary N) is 2. The Morgan fingerprint density at radius 3 is 2.55 bits per heavy atom. The van der Waals surface area contributed by atoms with Crippen LogP contribution in [0.5, 0.6) is 11.5 Å². The Bertz CT molecular complexity index is 527. The third-order valence-corrected chi connectivity index (χ3v) is 3.96. The molecule has 0 saturated heterocycles. The maximum Gasteiger partial charge on any atom is 0.315 e. The van der Waals surface area contributed by atoms with E-state index in [9.17, 15) is 9.90 Å². The summed E-state index contributed by atoms with van der Waals surface area (Å²) in [6.07, 6.45) is 2.06. The summed E-state index contributed by atoms with van der Waals surface area (Å²) in [4.78, 5) is 11.8. The first-order valence-corrected chi connectivity index (χ1v) is 7.41. The zero-order valence-corrected chi connectivity index (χ0v) is 13.3. The van der Waals surface area contributed by atoms with Gasteiger partial charge in [0.05, 0.1) is 19.8 Å². The number of urea groups is 1. The number of ether oxygens (including phenoxy) is 2. The van der Waals surface area contributed by atoms with Crippen LogP contribution in [0, 0.1) is 5.92 Å². The van der Waals surface area contributed by atoms with E-state index >= 15 is 0 Å². The van der Waals surface area contributed by atoms with Gasteiger partial charge in [-0.15, -0.1) is 0 Å². The van der Waals surface area contributed by atoms with Gasteiger partial charge < -0.3 is 25.2 Å². The summed E-state index contributed by atoms with van der Waals surface area (Å²) >= 11 is 0. The van der Waals surface area contributed by atoms with Crippen molar-refractivity contribution in [3.8, 4) is 11.5 Å². The van der Waals surface area contributed by atoms with Gasteiger partial charge in [0.25, 0.3) is 0 Å². The maximum atomic E-state index is 11.8. The van der Waals surface area contributed by atoms with E-state index in [1.54, 1.807) is 27.2 Å². The number of amides is 2. The molecule has 1 aliphatic rings. The molecule has 1 fully saturated rings. The largest absolute Gasteiger partial charge is 0.493 e. The topological polar surface area (TPSA) is 79.8 Å². The highest BCUT2D eigenvalue weighted by molar-refractivity contribution is 5.73. The molecule has 6 nitrogen and oxygen atoms in total. The Balaban J connectivity index is 1.80. The summed E-state index contributed by atoms with van der Waals surface area (Å²) in [6.45, 7) is 2.40. The van der Waals surface area contributed by atoms with E-state index in [-0.39, 0.29) is 12.6 Å². The van der Waals surface area contributed by atoms with E-state index in [4.69, 9.17) is 9.47 Å². The molecule has 0 radical (unpaired) electrons. The Kier molecular flexibility index (Phi) is 5.13. The normalized spacial score (nSPS) is 16.5. The van der Waals surface area contributed by atoms with Crippen molar-refractivity contribution in [2.24, 2.45) is 5.92 Å². The van der Waals surface area contributed by atoms with Crippen LogP contribution >= 0.6 is 0 Å². The van der Waals surface area contributed by atoms with Gasteiger partial charge in [-0.25, -0.2) is 4.79 Å². The molecule has 1 saturated carbocycles. The first-order chi connectivity index (χ1) is 10.5. The van der Waals surface area contributed by atoms with Crippen molar-refractivity contribution in [3.05, 3.63) is 23.8 Å². The third-order valence-electron chi connectivity index (χ3n) is 3.96. The fourth-order valence-corrected chi connectivity index (χ4v) is 2.34. The van der Waals surface area contributed by atoms with Gasteiger partial charge >= 0.3 is 6.03 Å². The minimum absolute atomic E-state index is 0.259. The molecular weight excluding hydrogens is 284 g/mol. The molecule has 3 N–H and O–H groups in total. The summed E-state index contributed by atoms with van der Waals surface area (Å²) in [7, 11) is 3.15. The maximum absolute atomic E-state index is 11.8. The average Bonchev–Trinajstić information content (AvgIpc) is 3.36. The zero-order chi connectivity index (χ0) is 16.2. The van der Waals surface area contributed by atoms with Crippen molar-refractivity contribution in [2.75, 3.05) is 20.8 Å². The van der Waals surface area contributed by atoms with Crippen LogP contribution in [0.3, 0.4) is 0 Å². The lowest BCUT2D eigenvalue weighted by Crippen LogP contribution is -2.45. The second-order valence-electron chi connectivity index (χ2n) is 5.86. The summed E-state index contributed by atoms with van der Waals surface area (Å²) in [6, 6.07) is 5.18. The minimum atomic E-state index is -0.819. The van der Waals surface area contributed by atoms with E-state index < -0.39 is 5.60 Å². The lowest BCUT2D eigenvalue weighted by atomic mass is 10.0. The second-order valence-corrected chi connectivity index (χ2v) is 5.86. The van der Waals surface area contributed by atoms with E-state index in [2.05, 4.69) is 10.6 Å². The second kappa shape index (κ2) is 6.87. The van der Waals surface area contributed by atoms with Crippen molar-refractivity contribution in [1.29, 1.82) is 0 Å². The molecule has 1 aliphatic carbocycles. The Morgan fingerprint density at radius 2 is 1.95 bits per heavy atom. The molecular formula is C16H24N2O4. The predicted octanol–water partition coefficient (Wildman–Crippen LogP) is 1.66. The van der Waals surface area contributed by atoms with Crippen LogP contribution in [0.25, 0.3) is 0 Å². The molecule has 0 aromatic heterocycles. The number of hydrogen-bond donors (Lipinski definition) is 3. The monoisotopic (exact) mass is 308 g/mol. The highest BCUT2D eigenvalue weighted by atomic mass is 16.5. The molecule has 0 heterocycles. The van der Waals surface area contributed by atoms with Crippen molar-refractivity contribution in [3.63, 3.8) is 0 Å². The number of benzene rings is 1. The molecule has 0 spiro atoms. The van der Waals surface area contributed by atoms with E-state index in [0.29, 0.717) is 24.0 Å². The number of methoxy groups -OCH3 is 2. The van der Waals surface area contributed by atoms with Crippen LogP contribution in [0.1, 0.15) is 25.3 Å². The highest BCUT2D eigenvalue weighted by Gasteiger charge is 2.39. The van der Waals surface area contributed by atoms with Gasteiger partial charge in [-0.3, -0.25) is 0 Å². The number of carbonyl (C=O) groups is 1. The molecule has 0 aliphatic heterocycles. The minimum Gasteiger partial charge on any atom is -0.493 e. The number of rotatable bonds is 7. The van der Waals surface area contributed by atoms with Crippen LogP contribution in [-0.2, 0) is 6.54 Å². The molecule has 22 heavy (non-hydrogen) atoms. The van der Waals surface area contributed by atoms with E-state index in [0.717, 1.165) is 18.4 Å². The molecule has 1 aromatic rings. The standard InChI is InChI=1S/C16H24N2O4/c1-16(20,12-5-6-12)10-18-15(19)17-9-11-4-7-13(21-2)14(8-11)22-3/h4,7-8,12,20H,5-6,9-10H2,1-3H3,(H2,17,18,19). The van der Waals surface area contributed by atoms with Crippen LogP contribution in [0.2, 0.25) is 0 Å². The quantitative estimate of drug-likeness (QED) is 0.716. The molecule has 2 rings (SSSR count). The molecule has 1 aromatic carbocycles. The van der Waals surface area contributed by atoms with Gasteiger partial charge in [0.1, 0.15) is 0 Å². The van der Waals surface area contributed by atoms with Gasteiger partial charge in [-0.1, -0.05) is 6.07 Å². The summed E-state index contributed by atoms with van der Waals surface area (Å²) < 4.78 is 10.4. The van der Waals surface area contributed by atoms with Gasteiger partial charge in [-0.2, -0.15) is 0 Å². The van der Waals surface area contributed by atoms with Crippen LogP contribution in [0.15, 0.2) is 18.2 Å². The molecule has 2 amide bonds. The summed E-state index contributed by atoms with van der Waals surface area (Å²) in [5, 5.41) is 15.6. The Morgan fingerprint density at radius 1 is 1.27 bits per heavy atom. The molecule has 1 atom stereocenters. The van der Waals surface area contributed by atoms with Gasteiger partial charge in [-0.05, 0) is 43.4 Å². The highest BCUT2D eigenvalue weighted by Crippen LogP contribution is 2.38. The number of hydrogen-bond acceptors (Lipinski definition) is 4. The number of carbonyl (C=O) groups excluding carboxylic acids is 1. The van der Waals surface area contributed by atoms with Crippen molar-refractivity contribution < 1.29 is 19.4 Å². The first kappa shape index (κ1) is 16.4. The van der Waals surface area contributed by atoms with Crippen molar-refractivity contribution in [1.82, 2.24) is 10.6 Å². The average molecular weight is 308 g/mol. The molecule has 6 heteroatoms. The lowest BCUT2D eigenvalue weighted by molar-refractivity contribution is 0.0394. The van der Waals surface area contributed by atoms with Crippen molar-refractivity contribution in [2.45, 2.75) is 31.9 Å². The zero-order valence-electron chi connectivity index (χ0n) is 13.3. The number of aliphatic hydroxyl groups is 1. The van der Waals surface area contributed by atoms with Crippen LogP contribution in [0.4, 0.5) is 4.79 Å².